The summed E-state index contributed by atoms with van der Waals surface area (Å²) in [6.07, 6.45) is 6.38. The van der Waals surface area contributed by atoms with Gasteiger partial charge in [-0.15, -0.1) is 0 Å². The maximum Gasteiger partial charge on any atom is 0.262 e. The number of halogens is 1. The fourth-order valence-electron chi connectivity index (χ4n) is 9.39. The van der Waals surface area contributed by atoms with Crippen LogP contribution in [0.25, 0.3) is 0 Å². The fraction of sp³-hybridized carbons (Fsp3) is 0.465. The lowest BCUT2D eigenvalue weighted by Gasteiger charge is -2.63. The van der Waals surface area contributed by atoms with Gasteiger partial charge in [-0.25, -0.2) is 0 Å². The Bertz CT molecular complexity index is 2100. The van der Waals surface area contributed by atoms with Crippen LogP contribution in [0.5, 0.6) is 5.75 Å². The average molecular weight is 779 g/mol. The molecule has 7 rings (SSSR count). The lowest BCUT2D eigenvalue weighted by molar-refractivity contribution is -0.164. The number of hydrogen-bond acceptors (Lipinski definition) is 9. The number of pyridine rings is 1. The molecule has 4 heterocycles. The van der Waals surface area contributed by atoms with Gasteiger partial charge < -0.3 is 15.0 Å². The van der Waals surface area contributed by atoms with Crippen molar-refractivity contribution >= 4 is 41.1 Å². The van der Waals surface area contributed by atoms with E-state index in [2.05, 4.69) is 54.3 Å². The fourth-order valence-corrected chi connectivity index (χ4v) is 9.60. The molecule has 3 aromatic rings. The van der Waals surface area contributed by atoms with E-state index in [9.17, 15) is 29.2 Å². The minimum absolute atomic E-state index is 0.0933. The number of nitrogens with zero attached hydrogens (tertiary/aromatic N) is 4. The van der Waals surface area contributed by atoms with E-state index < -0.39 is 29.7 Å². The van der Waals surface area contributed by atoms with Gasteiger partial charge >= 0.3 is 0 Å². The van der Waals surface area contributed by atoms with Crippen molar-refractivity contribution in [3.8, 4) is 11.8 Å². The van der Waals surface area contributed by atoms with Gasteiger partial charge in [0.25, 0.3) is 17.7 Å². The summed E-state index contributed by atoms with van der Waals surface area (Å²) < 4.78 is 6.35. The molecule has 2 saturated heterocycles. The number of unbranched alkanes of at least 4 members (excludes halogenated alkanes) is 1. The van der Waals surface area contributed by atoms with Gasteiger partial charge in [-0.3, -0.25) is 39.2 Å². The van der Waals surface area contributed by atoms with Gasteiger partial charge in [0, 0.05) is 41.2 Å². The second-order valence-corrected chi connectivity index (χ2v) is 17.1. The van der Waals surface area contributed by atoms with Crippen LogP contribution in [0.4, 0.5) is 0 Å². The Morgan fingerprint density at radius 3 is 2.36 bits per heavy atom. The van der Waals surface area contributed by atoms with Crippen LogP contribution in [0.1, 0.15) is 120 Å². The van der Waals surface area contributed by atoms with Crippen molar-refractivity contribution in [2.45, 2.75) is 96.7 Å². The van der Waals surface area contributed by atoms with E-state index in [1.165, 1.54) is 0 Å². The Morgan fingerprint density at radius 1 is 0.964 bits per heavy atom. The highest BCUT2D eigenvalue weighted by atomic mass is 35.5. The Balaban J connectivity index is 0.841. The number of carbonyl (C=O) groups excluding carboxylic acids is 5. The molecule has 13 heteroatoms. The van der Waals surface area contributed by atoms with Gasteiger partial charge in [0.05, 0.1) is 27.3 Å². The molecule has 0 radical (unpaired) electrons. The molecule has 0 spiro atoms. The van der Waals surface area contributed by atoms with E-state index in [1.54, 1.807) is 30.5 Å². The van der Waals surface area contributed by atoms with Gasteiger partial charge in [-0.2, -0.15) is 5.26 Å². The number of benzene rings is 2. The van der Waals surface area contributed by atoms with E-state index >= 15 is 0 Å². The smallest absolute Gasteiger partial charge is 0.262 e. The number of nitrogens with one attached hydrogen (secondary N) is 2. The van der Waals surface area contributed by atoms with Gasteiger partial charge in [-0.1, -0.05) is 45.4 Å². The van der Waals surface area contributed by atoms with Crippen molar-refractivity contribution in [3.05, 3.63) is 93.3 Å². The number of rotatable bonds is 11. The number of carbonyl (C=O) groups is 5. The van der Waals surface area contributed by atoms with Crippen molar-refractivity contribution in [3.63, 3.8) is 0 Å². The first-order valence-electron chi connectivity index (χ1n) is 19.4. The predicted octanol–water partition coefficient (Wildman–Crippen LogP) is 5.82. The van der Waals surface area contributed by atoms with Gasteiger partial charge in [0.2, 0.25) is 11.8 Å². The molecule has 3 aliphatic heterocycles. The molecule has 56 heavy (non-hydrogen) atoms. The molecule has 292 valence electrons. The molecule has 1 atom stereocenters. The molecule has 0 bridgehead atoms. The SMILES string of the molecule is CC1(C)[C@H](NC(=O)c2ccc(CCCCN3CCC(c4ccc5c(c4)C(=O)N(C4CCC(=O)NC4=O)C5=O)CC3)nc2)C(C)(C)[C@H]1Oc1ccc(C#N)c(Cl)c1. The number of ether oxygens (including phenoxy) is 1. The third kappa shape index (κ3) is 7.42. The molecule has 1 saturated carbocycles. The summed E-state index contributed by atoms with van der Waals surface area (Å²) in [5.41, 5.74) is 2.79. The quantitative estimate of drug-likeness (QED) is 0.181. The molecule has 1 aromatic heterocycles. The number of fused-ring (bicyclic) bond motifs is 1. The Labute approximate surface area is 331 Å². The number of nitriles is 1. The number of imide groups is 2. The molecule has 4 aliphatic rings. The Hall–Kier alpha value is -5.12. The summed E-state index contributed by atoms with van der Waals surface area (Å²) >= 11 is 6.23. The maximum atomic E-state index is 13.3. The van der Waals surface area contributed by atoms with Crippen LogP contribution in [-0.4, -0.2) is 82.1 Å². The Kier molecular flexibility index (Phi) is 10.8. The van der Waals surface area contributed by atoms with E-state index in [0.717, 1.165) is 67.9 Å². The lowest BCUT2D eigenvalue weighted by atomic mass is 9.49. The molecule has 12 nitrogen and oxygen atoms in total. The van der Waals surface area contributed by atoms with Crippen LogP contribution in [0.15, 0.2) is 54.7 Å². The standard InChI is InChI=1S/C43H47ClN6O6/c1-42(2)40(43(3,4)41(42)56-30-12-9-27(23-45)33(44)22-30)48-36(52)28-8-11-29(46-24-28)7-5-6-18-49-19-16-25(17-20-49)26-10-13-31-32(21-26)39(55)50(38(31)54)34-14-15-35(51)47-37(34)53/h8-13,21-22,24-25,34,40-41H,5-7,14-20H2,1-4H3,(H,48,52)(H,47,51,53)/t34?,40-,41-. The zero-order valence-electron chi connectivity index (χ0n) is 32.2. The molecule has 5 amide bonds. The number of hydrogen-bond donors (Lipinski definition) is 2. The van der Waals surface area contributed by atoms with Crippen LogP contribution in [0, 0.1) is 22.2 Å². The summed E-state index contributed by atoms with van der Waals surface area (Å²) in [5.74, 6) is -1.27. The summed E-state index contributed by atoms with van der Waals surface area (Å²) in [5, 5.41) is 15.0. The van der Waals surface area contributed by atoms with Crippen molar-refractivity contribution in [2.75, 3.05) is 19.6 Å². The van der Waals surface area contributed by atoms with E-state index in [0.29, 0.717) is 33.0 Å². The lowest BCUT2D eigenvalue weighted by Crippen LogP contribution is -2.74. The maximum absolute atomic E-state index is 13.3. The zero-order chi connectivity index (χ0) is 39.9. The van der Waals surface area contributed by atoms with Crippen molar-refractivity contribution in [1.82, 2.24) is 25.4 Å². The Morgan fingerprint density at radius 2 is 1.70 bits per heavy atom. The topological polar surface area (TPSA) is 162 Å². The average Bonchev–Trinajstić information content (AvgIpc) is 3.42. The number of aryl methyl sites for hydroxylation is 1. The molecule has 2 N–H and O–H groups in total. The largest absolute Gasteiger partial charge is 0.489 e. The summed E-state index contributed by atoms with van der Waals surface area (Å²) in [4.78, 5) is 71.8. The molecular formula is C43H47ClN6O6. The molecular weight excluding hydrogens is 732 g/mol. The first-order chi connectivity index (χ1) is 26.7. The van der Waals surface area contributed by atoms with Gasteiger partial charge in [0.15, 0.2) is 0 Å². The number of aromatic nitrogens is 1. The monoisotopic (exact) mass is 778 g/mol. The molecule has 3 fully saturated rings. The van der Waals surface area contributed by atoms with Gasteiger partial charge in [-0.05, 0) is 106 Å². The van der Waals surface area contributed by atoms with Gasteiger partial charge in [0.1, 0.15) is 24.0 Å². The highest BCUT2D eigenvalue weighted by Crippen LogP contribution is 2.55. The predicted molar refractivity (Wildman–Crippen MR) is 208 cm³/mol. The minimum atomic E-state index is -0.966. The number of amides is 5. The third-order valence-corrected chi connectivity index (χ3v) is 12.5. The second-order valence-electron chi connectivity index (χ2n) is 16.7. The van der Waals surface area contributed by atoms with Crippen LogP contribution >= 0.6 is 11.6 Å². The highest BCUT2D eigenvalue weighted by Gasteiger charge is 2.64. The van der Waals surface area contributed by atoms with E-state index in [-0.39, 0.29) is 47.6 Å². The first-order valence-corrected chi connectivity index (χ1v) is 19.8. The summed E-state index contributed by atoms with van der Waals surface area (Å²) in [6, 6.07) is 15.2. The highest BCUT2D eigenvalue weighted by molar-refractivity contribution is 6.31. The van der Waals surface area contributed by atoms with Crippen molar-refractivity contribution in [1.29, 1.82) is 5.26 Å². The second kappa shape index (κ2) is 15.4. The normalized spacial score (nSPS) is 23.2. The summed E-state index contributed by atoms with van der Waals surface area (Å²) in [6.45, 7) is 11.1. The molecule has 1 unspecified atom stereocenters. The van der Waals surface area contributed by atoms with Crippen LogP contribution in [-0.2, 0) is 16.0 Å². The van der Waals surface area contributed by atoms with Crippen LogP contribution in [0.2, 0.25) is 5.02 Å². The zero-order valence-corrected chi connectivity index (χ0v) is 32.9. The molecule has 2 aromatic carbocycles. The number of piperidine rings is 2. The first kappa shape index (κ1) is 39.1. The van der Waals surface area contributed by atoms with E-state index in [1.807, 2.05) is 24.3 Å². The molecule has 1 aliphatic carbocycles. The summed E-state index contributed by atoms with van der Waals surface area (Å²) in [7, 11) is 0. The van der Waals surface area contributed by atoms with E-state index in [4.69, 9.17) is 16.3 Å². The van der Waals surface area contributed by atoms with Crippen molar-refractivity contribution < 1.29 is 28.7 Å². The minimum Gasteiger partial charge on any atom is -0.489 e. The van der Waals surface area contributed by atoms with Crippen LogP contribution < -0.4 is 15.4 Å². The van der Waals surface area contributed by atoms with Crippen molar-refractivity contribution in [2.24, 2.45) is 10.8 Å². The number of likely N-dealkylation sites (tertiary alicyclic amines) is 1. The van der Waals surface area contributed by atoms with Crippen LogP contribution in [0.3, 0.4) is 0 Å². The third-order valence-electron chi connectivity index (χ3n) is 12.2.